The van der Waals surface area contributed by atoms with Crippen molar-refractivity contribution in [3.63, 3.8) is 0 Å². The molecule has 2 aliphatic carbocycles. The number of nitrogens with one attached hydrogen (secondary N) is 1. The minimum absolute atomic E-state index is 0.0727. The Balaban J connectivity index is 1.51. The zero-order chi connectivity index (χ0) is 19.7. The number of benzene rings is 1. The Morgan fingerprint density at radius 1 is 1.07 bits per heavy atom. The molecule has 1 aromatic rings. The van der Waals surface area contributed by atoms with E-state index in [1.54, 1.807) is 0 Å². The highest BCUT2D eigenvalue weighted by Crippen LogP contribution is 2.38. The average molecular weight is 384 g/mol. The second kappa shape index (κ2) is 8.24. The van der Waals surface area contributed by atoms with Crippen molar-refractivity contribution in [3.05, 3.63) is 29.8 Å². The molecule has 0 saturated heterocycles. The van der Waals surface area contributed by atoms with Crippen molar-refractivity contribution in [2.24, 2.45) is 23.5 Å². The van der Waals surface area contributed by atoms with Crippen LogP contribution in [0, 0.1) is 17.8 Å². The van der Waals surface area contributed by atoms with Crippen molar-refractivity contribution in [3.8, 4) is 0 Å². The van der Waals surface area contributed by atoms with Crippen molar-refractivity contribution < 1.29 is 9.59 Å². The summed E-state index contributed by atoms with van der Waals surface area (Å²) in [5.41, 5.74) is 8.15. The van der Waals surface area contributed by atoms with Gasteiger partial charge in [0.2, 0.25) is 11.8 Å². The minimum Gasteiger partial charge on any atom is -0.353 e. The number of rotatable bonds is 4. The molecule has 28 heavy (non-hydrogen) atoms. The Bertz CT molecular complexity index is 734. The van der Waals surface area contributed by atoms with Crippen LogP contribution in [0.1, 0.15) is 57.4 Å². The zero-order valence-electron chi connectivity index (χ0n) is 16.9. The van der Waals surface area contributed by atoms with Crippen molar-refractivity contribution >= 4 is 17.5 Å². The third-order valence-electron chi connectivity index (χ3n) is 7.15. The number of para-hydroxylation sites is 1. The number of hydrogen-bond donors (Lipinski definition) is 2. The first-order chi connectivity index (χ1) is 13.6. The van der Waals surface area contributed by atoms with Gasteiger partial charge in [-0.15, -0.1) is 0 Å². The number of fused-ring (bicyclic) bond motifs is 1. The molecule has 5 nitrogen and oxygen atoms in total. The van der Waals surface area contributed by atoms with E-state index >= 15 is 0 Å². The molecule has 3 N–H and O–H groups in total. The third-order valence-corrected chi connectivity index (χ3v) is 7.15. The number of carbonyl (C=O) groups excluding carboxylic acids is 2. The van der Waals surface area contributed by atoms with Gasteiger partial charge in [0, 0.05) is 23.7 Å². The molecule has 0 bridgehead atoms. The van der Waals surface area contributed by atoms with Crippen LogP contribution in [-0.4, -0.2) is 30.4 Å². The lowest BCUT2D eigenvalue weighted by atomic mass is 9.77. The SMILES string of the molecule is CC1Cc2ccccc2N1C(=O)C1CCCCC1C(=O)NC1CCCC1CN. The molecule has 2 saturated carbocycles. The van der Waals surface area contributed by atoms with Crippen molar-refractivity contribution in [2.75, 3.05) is 11.4 Å². The summed E-state index contributed by atoms with van der Waals surface area (Å²) in [6, 6.07) is 8.52. The Morgan fingerprint density at radius 3 is 2.61 bits per heavy atom. The summed E-state index contributed by atoms with van der Waals surface area (Å²) in [4.78, 5) is 28.7. The Hall–Kier alpha value is -1.88. The number of nitrogens with two attached hydrogens (primary N) is 1. The Kier molecular flexibility index (Phi) is 5.72. The van der Waals surface area contributed by atoms with Crippen LogP contribution in [0.2, 0.25) is 0 Å². The minimum atomic E-state index is -0.208. The second-order valence-electron chi connectivity index (χ2n) is 8.93. The second-order valence-corrected chi connectivity index (χ2v) is 8.93. The number of anilines is 1. The first kappa shape index (κ1) is 19.4. The molecular weight excluding hydrogens is 350 g/mol. The Labute approximate surface area is 168 Å². The van der Waals surface area contributed by atoms with Crippen LogP contribution < -0.4 is 16.0 Å². The molecule has 2 amide bonds. The topological polar surface area (TPSA) is 75.4 Å². The molecule has 5 atom stereocenters. The molecule has 1 aliphatic heterocycles. The standard InChI is InChI=1S/C23H33N3O2/c1-15-13-16-7-2-5-12-21(16)26(15)23(28)19-10-4-3-9-18(19)22(27)25-20-11-6-8-17(20)14-24/h2,5,7,12,15,17-20H,3-4,6,8-11,13-14,24H2,1H3,(H,25,27). The average Bonchev–Trinajstić information content (AvgIpc) is 3.30. The normalized spacial score (nSPS) is 32.2. The molecule has 5 unspecified atom stereocenters. The molecule has 0 radical (unpaired) electrons. The first-order valence-electron chi connectivity index (χ1n) is 11.0. The fraction of sp³-hybridized carbons (Fsp3) is 0.652. The highest BCUT2D eigenvalue weighted by atomic mass is 16.2. The molecule has 1 aromatic carbocycles. The van der Waals surface area contributed by atoms with E-state index < -0.39 is 0 Å². The van der Waals surface area contributed by atoms with E-state index in [-0.39, 0.29) is 35.7 Å². The highest BCUT2D eigenvalue weighted by molar-refractivity contribution is 6.00. The molecule has 3 aliphatic rings. The molecule has 2 fully saturated rings. The van der Waals surface area contributed by atoms with Crippen LogP contribution in [0.25, 0.3) is 0 Å². The van der Waals surface area contributed by atoms with Gasteiger partial charge in [-0.25, -0.2) is 0 Å². The molecule has 0 spiro atoms. The number of hydrogen-bond acceptors (Lipinski definition) is 3. The monoisotopic (exact) mass is 383 g/mol. The first-order valence-corrected chi connectivity index (χ1v) is 11.0. The summed E-state index contributed by atoms with van der Waals surface area (Å²) in [5, 5.41) is 3.27. The van der Waals surface area contributed by atoms with Gasteiger partial charge in [-0.1, -0.05) is 37.5 Å². The molecular formula is C23H33N3O2. The van der Waals surface area contributed by atoms with Gasteiger partial charge in [0.15, 0.2) is 0 Å². The van der Waals surface area contributed by atoms with E-state index in [4.69, 9.17) is 5.73 Å². The Morgan fingerprint density at radius 2 is 1.82 bits per heavy atom. The van der Waals surface area contributed by atoms with E-state index in [0.717, 1.165) is 57.1 Å². The predicted molar refractivity (Wildman–Crippen MR) is 111 cm³/mol. The van der Waals surface area contributed by atoms with Crippen LogP contribution in [0.4, 0.5) is 5.69 Å². The van der Waals surface area contributed by atoms with Gasteiger partial charge >= 0.3 is 0 Å². The fourth-order valence-corrected chi connectivity index (χ4v) is 5.62. The van der Waals surface area contributed by atoms with E-state index in [2.05, 4.69) is 18.3 Å². The van der Waals surface area contributed by atoms with E-state index in [1.165, 1.54) is 5.56 Å². The number of carbonyl (C=O) groups is 2. The van der Waals surface area contributed by atoms with E-state index in [0.29, 0.717) is 12.5 Å². The van der Waals surface area contributed by atoms with Crippen molar-refractivity contribution in [2.45, 2.75) is 70.4 Å². The summed E-state index contributed by atoms with van der Waals surface area (Å²) >= 11 is 0. The maximum atomic E-state index is 13.6. The molecule has 0 aromatic heterocycles. The summed E-state index contributed by atoms with van der Waals surface area (Å²) in [5.74, 6) is 0.176. The van der Waals surface area contributed by atoms with Gasteiger partial charge in [0.25, 0.3) is 0 Å². The lowest BCUT2D eigenvalue weighted by molar-refractivity contribution is -0.136. The van der Waals surface area contributed by atoms with E-state index in [1.807, 2.05) is 23.1 Å². The predicted octanol–water partition coefficient (Wildman–Crippen LogP) is 3.01. The summed E-state index contributed by atoms with van der Waals surface area (Å²) in [6.07, 6.45) is 7.80. The van der Waals surface area contributed by atoms with Crippen LogP contribution in [0.3, 0.4) is 0 Å². The van der Waals surface area contributed by atoms with Crippen LogP contribution in [-0.2, 0) is 16.0 Å². The maximum absolute atomic E-state index is 13.6. The quantitative estimate of drug-likeness (QED) is 0.839. The van der Waals surface area contributed by atoms with Crippen LogP contribution in [0.5, 0.6) is 0 Å². The summed E-state index contributed by atoms with van der Waals surface area (Å²) < 4.78 is 0. The summed E-state index contributed by atoms with van der Waals surface area (Å²) in [7, 11) is 0. The maximum Gasteiger partial charge on any atom is 0.231 e. The van der Waals surface area contributed by atoms with Gasteiger partial charge in [-0.3, -0.25) is 9.59 Å². The molecule has 152 valence electrons. The third kappa shape index (κ3) is 3.57. The lowest BCUT2D eigenvalue weighted by Gasteiger charge is -2.35. The van der Waals surface area contributed by atoms with Gasteiger partial charge in [0.1, 0.15) is 0 Å². The van der Waals surface area contributed by atoms with Gasteiger partial charge in [-0.2, -0.15) is 0 Å². The smallest absolute Gasteiger partial charge is 0.231 e. The summed E-state index contributed by atoms with van der Waals surface area (Å²) in [6.45, 7) is 2.74. The van der Waals surface area contributed by atoms with Gasteiger partial charge < -0.3 is 16.0 Å². The molecule has 5 heteroatoms. The van der Waals surface area contributed by atoms with Crippen LogP contribution in [0.15, 0.2) is 24.3 Å². The lowest BCUT2D eigenvalue weighted by Crippen LogP contribution is -2.49. The fourth-order valence-electron chi connectivity index (χ4n) is 5.62. The molecule has 1 heterocycles. The van der Waals surface area contributed by atoms with Crippen LogP contribution >= 0.6 is 0 Å². The largest absolute Gasteiger partial charge is 0.353 e. The highest BCUT2D eigenvalue weighted by Gasteiger charge is 2.42. The van der Waals surface area contributed by atoms with E-state index in [9.17, 15) is 9.59 Å². The zero-order valence-corrected chi connectivity index (χ0v) is 16.9. The van der Waals surface area contributed by atoms with Crippen molar-refractivity contribution in [1.82, 2.24) is 5.32 Å². The van der Waals surface area contributed by atoms with Gasteiger partial charge in [-0.05, 0) is 63.1 Å². The number of nitrogens with zero attached hydrogens (tertiary/aromatic N) is 1. The van der Waals surface area contributed by atoms with Gasteiger partial charge in [0.05, 0.1) is 5.92 Å². The van der Waals surface area contributed by atoms with Crippen molar-refractivity contribution in [1.29, 1.82) is 0 Å². The molecule has 4 rings (SSSR count). The number of amides is 2.